The summed E-state index contributed by atoms with van der Waals surface area (Å²) in [6.45, 7) is 0.629. The molecule has 2 aromatic rings. The number of carbonyl (C=O) groups is 1. The Kier molecular flexibility index (Phi) is 4.45. The van der Waals surface area contributed by atoms with Gasteiger partial charge in [0.2, 0.25) is 0 Å². The summed E-state index contributed by atoms with van der Waals surface area (Å²) in [5.74, 6) is 0.992. The van der Waals surface area contributed by atoms with Gasteiger partial charge in [0.25, 0.3) is 11.5 Å². The number of aromatic nitrogens is 2. The fraction of sp³-hybridized carbons (Fsp3) is 0.471. The summed E-state index contributed by atoms with van der Waals surface area (Å²) in [5.41, 5.74) is -0.0698. The Bertz CT molecular complexity index is 795. The molecule has 0 bridgehead atoms. The van der Waals surface area contributed by atoms with Crippen molar-refractivity contribution in [3.63, 3.8) is 0 Å². The molecule has 1 N–H and O–H groups in total. The molecule has 1 aliphatic heterocycles. The number of nitrogens with one attached hydrogen (secondary N) is 1. The van der Waals surface area contributed by atoms with Crippen LogP contribution in [0.3, 0.4) is 0 Å². The lowest BCUT2D eigenvalue weighted by Crippen LogP contribution is -2.37. The number of thiophene rings is 1. The van der Waals surface area contributed by atoms with E-state index in [-0.39, 0.29) is 23.1 Å². The molecule has 0 saturated heterocycles. The van der Waals surface area contributed by atoms with Crippen LogP contribution in [0.4, 0.5) is 0 Å². The van der Waals surface area contributed by atoms with Gasteiger partial charge in [0.15, 0.2) is 5.16 Å². The summed E-state index contributed by atoms with van der Waals surface area (Å²) >= 11 is 3.22. The second-order valence-corrected chi connectivity index (χ2v) is 8.31. The van der Waals surface area contributed by atoms with E-state index in [1.807, 2.05) is 11.4 Å². The van der Waals surface area contributed by atoms with Crippen molar-refractivity contribution >= 4 is 29.0 Å². The minimum Gasteiger partial charge on any atom is -0.344 e. The van der Waals surface area contributed by atoms with Crippen molar-refractivity contribution in [2.24, 2.45) is 5.92 Å². The largest absolute Gasteiger partial charge is 0.344 e. The Morgan fingerprint density at radius 3 is 2.96 bits per heavy atom. The fourth-order valence-electron chi connectivity index (χ4n) is 3.57. The first-order chi connectivity index (χ1) is 11.7. The van der Waals surface area contributed by atoms with Crippen molar-refractivity contribution in [2.45, 2.75) is 43.4 Å². The highest BCUT2D eigenvalue weighted by atomic mass is 32.2. The third-order valence-corrected chi connectivity index (χ3v) is 6.73. The minimum atomic E-state index is -0.301. The van der Waals surface area contributed by atoms with E-state index >= 15 is 0 Å². The van der Waals surface area contributed by atoms with Crippen molar-refractivity contribution in [3.8, 4) is 0 Å². The average molecular weight is 361 g/mol. The molecule has 0 spiro atoms. The van der Waals surface area contributed by atoms with Gasteiger partial charge in [-0.2, -0.15) is 0 Å². The highest BCUT2D eigenvalue weighted by Gasteiger charge is 2.30. The van der Waals surface area contributed by atoms with Crippen LogP contribution >= 0.6 is 23.1 Å². The van der Waals surface area contributed by atoms with Gasteiger partial charge in [-0.15, -0.1) is 11.3 Å². The van der Waals surface area contributed by atoms with Crippen LogP contribution in [-0.2, 0) is 6.54 Å². The predicted molar refractivity (Wildman–Crippen MR) is 95.7 cm³/mol. The number of rotatable bonds is 4. The molecule has 2 aliphatic rings. The zero-order valence-electron chi connectivity index (χ0n) is 13.2. The number of amides is 1. The van der Waals surface area contributed by atoms with Gasteiger partial charge in [0, 0.05) is 23.4 Å². The zero-order chi connectivity index (χ0) is 16.5. The Morgan fingerprint density at radius 2 is 2.21 bits per heavy atom. The highest BCUT2D eigenvalue weighted by molar-refractivity contribution is 7.99. The molecular weight excluding hydrogens is 342 g/mol. The van der Waals surface area contributed by atoms with Crippen LogP contribution in [0.25, 0.3) is 0 Å². The first kappa shape index (κ1) is 15.9. The van der Waals surface area contributed by atoms with Gasteiger partial charge in [-0.25, -0.2) is 4.98 Å². The molecule has 126 valence electrons. The summed E-state index contributed by atoms with van der Waals surface area (Å²) in [4.78, 5) is 30.7. The molecule has 0 radical (unpaired) electrons. The highest BCUT2D eigenvalue weighted by Crippen LogP contribution is 2.37. The molecule has 2 aromatic heterocycles. The van der Waals surface area contributed by atoms with Crippen molar-refractivity contribution in [3.05, 3.63) is 44.5 Å². The van der Waals surface area contributed by atoms with Gasteiger partial charge in [-0.3, -0.25) is 14.2 Å². The Labute approximate surface area is 148 Å². The van der Waals surface area contributed by atoms with E-state index in [0.717, 1.165) is 18.6 Å². The Hall–Kier alpha value is -1.60. The molecule has 1 fully saturated rings. The molecule has 1 amide bonds. The summed E-state index contributed by atoms with van der Waals surface area (Å²) in [7, 11) is 0. The van der Waals surface area contributed by atoms with E-state index in [0.29, 0.717) is 17.6 Å². The average Bonchev–Trinajstić information content (AvgIpc) is 3.34. The first-order valence-corrected chi connectivity index (χ1v) is 10.2. The molecule has 4 rings (SSSR count). The van der Waals surface area contributed by atoms with Gasteiger partial charge >= 0.3 is 0 Å². The van der Waals surface area contributed by atoms with Crippen molar-refractivity contribution in [1.82, 2.24) is 14.9 Å². The molecule has 0 unspecified atom stereocenters. The van der Waals surface area contributed by atoms with Crippen LogP contribution in [0.15, 0.2) is 33.7 Å². The van der Waals surface area contributed by atoms with E-state index in [1.165, 1.54) is 23.9 Å². The Morgan fingerprint density at radius 1 is 1.38 bits per heavy atom. The van der Waals surface area contributed by atoms with Crippen molar-refractivity contribution < 1.29 is 4.79 Å². The number of carbonyl (C=O) groups excluding carboxylic acids is 1. The van der Waals surface area contributed by atoms with Crippen LogP contribution in [0.1, 0.15) is 47.0 Å². The first-order valence-electron chi connectivity index (χ1n) is 8.31. The topological polar surface area (TPSA) is 64.0 Å². The van der Waals surface area contributed by atoms with Gasteiger partial charge in [-0.05, 0) is 30.2 Å². The summed E-state index contributed by atoms with van der Waals surface area (Å²) < 4.78 is 1.61. The zero-order valence-corrected chi connectivity index (χ0v) is 14.9. The van der Waals surface area contributed by atoms with Gasteiger partial charge in [0.1, 0.15) is 5.56 Å². The molecule has 7 heteroatoms. The molecular formula is C17H19N3O2S2. The van der Waals surface area contributed by atoms with Crippen LogP contribution in [0.5, 0.6) is 0 Å². The van der Waals surface area contributed by atoms with E-state index in [9.17, 15) is 9.59 Å². The second kappa shape index (κ2) is 6.72. The normalized spacial score (nSPS) is 18.5. The fourth-order valence-corrected chi connectivity index (χ4v) is 5.36. The lowest BCUT2D eigenvalue weighted by atomic mass is 9.96. The van der Waals surface area contributed by atoms with Crippen LogP contribution < -0.4 is 10.9 Å². The van der Waals surface area contributed by atoms with E-state index in [2.05, 4.69) is 16.4 Å². The molecule has 5 nitrogen and oxygen atoms in total. The van der Waals surface area contributed by atoms with Crippen LogP contribution in [0.2, 0.25) is 0 Å². The molecule has 24 heavy (non-hydrogen) atoms. The number of hydrogen-bond donors (Lipinski definition) is 1. The summed E-state index contributed by atoms with van der Waals surface area (Å²) in [6.07, 6.45) is 6.11. The van der Waals surface area contributed by atoms with Crippen LogP contribution in [0, 0.1) is 5.92 Å². The lowest BCUT2D eigenvalue weighted by molar-refractivity contribution is 0.0920. The van der Waals surface area contributed by atoms with Gasteiger partial charge in [0.05, 0.1) is 6.04 Å². The molecule has 1 atom stereocenters. The second-order valence-electron chi connectivity index (χ2n) is 6.27. The number of fused-ring (bicyclic) bond motifs is 1. The quantitative estimate of drug-likeness (QED) is 0.850. The smallest absolute Gasteiger partial charge is 0.267 e. The van der Waals surface area contributed by atoms with E-state index < -0.39 is 0 Å². The minimum absolute atomic E-state index is 0.00738. The lowest BCUT2D eigenvalue weighted by Gasteiger charge is -2.23. The summed E-state index contributed by atoms with van der Waals surface area (Å²) in [5, 5.41) is 5.87. The summed E-state index contributed by atoms with van der Waals surface area (Å²) in [6, 6.07) is 4.07. The maximum Gasteiger partial charge on any atom is 0.267 e. The number of thioether (sulfide) groups is 1. The molecule has 1 aliphatic carbocycles. The molecule has 1 saturated carbocycles. The molecule has 3 heterocycles. The van der Waals surface area contributed by atoms with Crippen molar-refractivity contribution in [2.75, 3.05) is 5.75 Å². The molecule has 0 aromatic carbocycles. The van der Waals surface area contributed by atoms with Gasteiger partial charge in [-0.1, -0.05) is 30.7 Å². The monoisotopic (exact) mass is 361 g/mol. The third kappa shape index (κ3) is 2.91. The number of hydrogen-bond acceptors (Lipinski definition) is 5. The SMILES string of the molecule is O=C(N[C@@H](c1cccs1)C1CCCC1)c1cnc2n(c1=O)CCS2. The van der Waals surface area contributed by atoms with E-state index in [4.69, 9.17) is 0 Å². The number of nitrogens with zero attached hydrogens (tertiary/aromatic N) is 2. The predicted octanol–water partition coefficient (Wildman–Crippen LogP) is 3.07. The maximum atomic E-state index is 12.8. The Balaban J connectivity index is 1.61. The van der Waals surface area contributed by atoms with Gasteiger partial charge < -0.3 is 5.32 Å². The third-order valence-electron chi connectivity index (χ3n) is 4.81. The standard InChI is InChI=1S/C17H19N3O2S2/c21-15(12-10-18-17-20(16(12)22)7-9-24-17)19-14(11-4-1-2-5-11)13-6-3-8-23-13/h3,6,8,10-11,14H,1-2,4-5,7,9H2,(H,19,21)/t14-/m1/s1. The van der Waals surface area contributed by atoms with E-state index in [1.54, 1.807) is 27.7 Å². The maximum absolute atomic E-state index is 12.8. The van der Waals surface area contributed by atoms with Crippen LogP contribution in [-0.4, -0.2) is 21.2 Å². The van der Waals surface area contributed by atoms with Crippen molar-refractivity contribution in [1.29, 1.82) is 0 Å².